The van der Waals surface area contributed by atoms with Gasteiger partial charge in [-0.15, -0.1) is 11.3 Å². The number of thioether (sulfide) groups is 1. The van der Waals surface area contributed by atoms with Crippen molar-refractivity contribution in [1.29, 1.82) is 0 Å². The van der Waals surface area contributed by atoms with Crippen LogP contribution in [-0.2, 0) is 10.0 Å². The molecule has 0 radical (unpaired) electrons. The normalized spacial score (nSPS) is 11.8. The molecule has 24 heavy (non-hydrogen) atoms. The molecule has 0 amide bonds. The van der Waals surface area contributed by atoms with Gasteiger partial charge < -0.3 is 0 Å². The van der Waals surface area contributed by atoms with Gasteiger partial charge >= 0.3 is 0 Å². The van der Waals surface area contributed by atoms with Crippen LogP contribution in [0.1, 0.15) is 11.4 Å². The van der Waals surface area contributed by atoms with Crippen LogP contribution < -0.4 is 0 Å². The lowest BCUT2D eigenvalue weighted by Gasteiger charge is -2.04. The van der Waals surface area contributed by atoms with Crippen molar-refractivity contribution in [3.63, 3.8) is 0 Å². The fourth-order valence-electron chi connectivity index (χ4n) is 2.09. The van der Waals surface area contributed by atoms with E-state index in [1.165, 1.54) is 23.1 Å². The van der Waals surface area contributed by atoms with E-state index in [0.717, 1.165) is 8.96 Å². The van der Waals surface area contributed by atoms with Crippen molar-refractivity contribution in [1.82, 2.24) is 19.2 Å². The largest absolute Gasteiger partial charge is 0.292 e. The number of aryl methyl sites for hydroxylation is 1. The summed E-state index contributed by atoms with van der Waals surface area (Å²) in [6, 6.07) is 5.10. The molecule has 0 aliphatic heterocycles. The molecule has 0 aliphatic rings. The quantitative estimate of drug-likeness (QED) is 0.450. The van der Waals surface area contributed by atoms with Gasteiger partial charge in [-0.25, -0.2) is 9.97 Å². The van der Waals surface area contributed by atoms with Crippen molar-refractivity contribution >= 4 is 49.1 Å². The van der Waals surface area contributed by atoms with Crippen LogP contribution in [0.3, 0.4) is 0 Å². The first-order valence-corrected chi connectivity index (χ1v) is 11.1. The summed E-state index contributed by atoms with van der Waals surface area (Å²) >= 11 is 5.96. The zero-order chi connectivity index (χ0) is 17.5. The highest BCUT2D eigenvalue weighted by atomic mass is 79.9. The zero-order valence-corrected chi connectivity index (χ0v) is 17.1. The first-order valence-electron chi connectivity index (χ1n) is 6.79. The van der Waals surface area contributed by atoms with E-state index >= 15 is 0 Å². The molecule has 3 rings (SSSR count). The highest BCUT2D eigenvalue weighted by Crippen LogP contribution is 2.32. The van der Waals surface area contributed by atoms with Crippen molar-refractivity contribution in [3.05, 3.63) is 40.3 Å². The molecule has 126 valence electrons. The summed E-state index contributed by atoms with van der Waals surface area (Å²) in [6.07, 6.45) is 3.56. The summed E-state index contributed by atoms with van der Waals surface area (Å²) in [5, 5.41) is 4.77. The molecule has 10 heteroatoms. The molecule has 0 fully saturated rings. The molecule has 0 N–H and O–H groups in total. The maximum absolute atomic E-state index is 12.8. The molecule has 0 spiro atoms. The van der Waals surface area contributed by atoms with E-state index in [1.54, 1.807) is 38.2 Å². The Bertz CT molecular complexity index is 1010. The average Bonchev–Trinajstić information content (AvgIpc) is 3.17. The van der Waals surface area contributed by atoms with E-state index in [4.69, 9.17) is 0 Å². The standard InChI is InChI=1S/C14H13BrN4O2S3/c1-8-13(15)9(2)19(18-8)24(20,21)12-5-4-11(23-12)10-6-7-16-14(17-10)22-3/h4-7H,1-3H3. The second-order valence-corrected chi connectivity index (χ2v) is 9.52. The maximum atomic E-state index is 12.8. The third-order valence-corrected chi connectivity index (χ3v) is 8.24. The van der Waals surface area contributed by atoms with Crippen molar-refractivity contribution in [2.24, 2.45) is 0 Å². The summed E-state index contributed by atoms with van der Waals surface area (Å²) in [5.41, 5.74) is 1.89. The first-order chi connectivity index (χ1) is 11.3. The highest BCUT2D eigenvalue weighted by molar-refractivity contribution is 9.10. The molecule has 0 bridgehead atoms. The van der Waals surface area contributed by atoms with E-state index in [2.05, 4.69) is 31.0 Å². The molecule has 0 unspecified atom stereocenters. The molecule has 6 nitrogen and oxygen atoms in total. The number of rotatable bonds is 4. The first kappa shape index (κ1) is 17.6. The monoisotopic (exact) mass is 444 g/mol. The van der Waals surface area contributed by atoms with Gasteiger partial charge in [0.2, 0.25) is 0 Å². The van der Waals surface area contributed by atoms with Gasteiger partial charge in [0.05, 0.1) is 26.4 Å². The maximum Gasteiger partial charge on any atom is 0.292 e. The van der Waals surface area contributed by atoms with Crippen molar-refractivity contribution < 1.29 is 8.42 Å². The number of aromatic nitrogens is 4. The third kappa shape index (κ3) is 3.03. The van der Waals surface area contributed by atoms with Crippen molar-refractivity contribution in [3.8, 4) is 10.6 Å². The second kappa shape index (κ2) is 6.58. The Kier molecular flexibility index (Phi) is 4.82. The van der Waals surface area contributed by atoms with Crippen LogP contribution >= 0.6 is 39.0 Å². The Hall–Kier alpha value is -1.23. The number of nitrogens with zero attached hydrogens (tertiary/aromatic N) is 4. The van der Waals surface area contributed by atoms with Crippen molar-refractivity contribution in [2.45, 2.75) is 23.2 Å². The third-order valence-electron chi connectivity index (χ3n) is 3.29. The fraction of sp³-hybridized carbons (Fsp3) is 0.214. The summed E-state index contributed by atoms with van der Waals surface area (Å²) < 4.78 is 27.7. The van der Waals surface area contributed by atoms with E-state index < -0.39 is 10.0 Å². The molecule has 0 saturated carbocycles. The minimum absolute atomic E-state index is 0.222. The minimum atomic E-state index is -3.73. The minimum Gasteiger partial charge on any atom is -0.231 e. The van der Waals surface area contributed by atoms with Gasteiger partial charge in [0.1, 0.15) is 4.21 Å². The fourth-order valence-corrected chi connectivity index (χ4v) is 5.52. The molecule has 0 atom stereocenters. The summed E-state index contributed by atoms with van der Waals surface area (Å²) in [4.78, 5) is 9.30. The summed E-state index contributed by atoms with van der Waals surface area (Å²) in [7, 11) is -3.73. The van der Waals surface area contributed by atoms with Gasteiger partial charge in [-0.2, -0.15) is 17.6 Å². The number of hydrogen-bond donors (Lipinski definition) is 0. The van der Waals surface area contributed by atoms with E-state index in [-0.39, 0.29) is 4.21 Å². The Morgan fingerprint density at radius 2 is 2.00 bits per heavy atom. The average molecular weight is 445 g/mol. The number of halogens is 1. The van der Waals surface area contributed by atoms with Gasteiger partial charge in [0, 0.05) is 6.20 Å². The van der Waals surface area contributed by atoms with Gasteiger partial charge in [0.25, 0.3) is 10.0 Å². The summed E-state index contributed by atoms with van der Waals surface area (Å²) in [6.45, 7) is 3.47. The Labute approximate surface area is 156 Å². The topological polar surface area (TPSA) is 77.7 Å². The Balaban J connectivity index is 2.04. The summed E-state index contributed by atoms with van der Waals surface area (Å²) in [5.74, 6) is 0. The van der Waals surface area contributed by atoms with Crippen LogP contribution in [0.2, 0.25) is 0 Å². The van der Waals surface area contributed by atoms with Gasteiger partial charge in [-0.3, -0.25) is 0 Å². The molecule has 0 aliphatic carbocycles. The molecule has 3 heterocycles. The van der Waals surface area contributed by atoms with Crippen LogP contribution in [0.5, 0.6) is 0 Å². The van der Waals surface area contributed by atoms with Crippen LogP contribution in [0, 0.1) is 13.8 Å². The SMILES string of the molecule is CSc1nccc(-c2ccc(S(=O)(=O)n3nc(C)c(Br)c3C)s2)n1. The lowest BCUT2D eigenvalue weighted by atomic mass is 10.3. The predicted octanol–water partition coefficient (Wildman–Crippen LogP) is 3.74. The van der Waals surface area contributed by atoms with Gasteiger partial charge in [-0.05, 0) is 54.2 Å². The lowest BCUT2D eigenvalue weighted by molar-refractivity contribution is 0.580. The molecule has 0 saturated heterocycles. The Morgan fingerprint density at radius 1 is 1.25 bits per heavy atom. The zero-order valence-electron chi connectivity index (χ0n) is 13.0. The van der Waals surface area contributed by atoms with Crippen LogP contribution in [0.4, 0.5) is 0 Å². The highest BCUT2D eigenvalue weighted by Gasteiger charge is 2.25. The van der Waals surface area contributed by atoms with Crippen molar-refractivity contribution in [2.75, 3.05) is 6.26 Å². The smallest absolute Gasteiger partial charge is 0.231 e. The van der Waals surface area contributed by atoms with Gasteiger partial charge in [0.15, 0.2) is 5.16 Å². The molecule has 3 aromatic heterocycles. The Morgan fingerprint density at radius 3 is 2.62 bits per heavy atom. The van der Waals surface area contributed by atoms with Crippen LogP contribution in [-0.4, -0.2) is 33.8 Å². The predicted molar refractivity (Wildman–Crippen MR) is 99.1 cm³/mol. The second-order valence-electron chi connectivity index (χ2n) is 4.88. The van der Waals surface area contributed by atoms with Crippen LogP contribution in [0.15, 0.2) is 38.2 Å². The molecule has 3 aromatic rings. The van der Waals surface area contributed by atoms with Crippen LogP contribution in [0.25, 0.3) is 10.6 Å². The van der Waals surface area contributed by atoms with E-state index in [1.807, 2.05) is 6.26 Å². The lowest BCUT2D eigenvalue weighted by Crippen LogP contribution is -2.14. The van der Waals surface area contributed by atoms with Gasteiger partial charge in [-0.1, -0.05) is 11.8 Å². The van der Waals surface area contributed by atoms with E-state index in [9.17, 15) is 8.42 Å². The molecular formula is C14H13BrN4O2S3. The molecular weight excluding hydrogens is 432 g/mol. The number of thiophene rings is 1. The van der Waals surface area contributed by atoms with E-state index in [0.29, 0.717) is 26.7 Å². The number of hydrogen-bond acceptors (Lipinski definition) is 7. The molecule has 0 aromatic carbocycles.